The number of nitriles is 2. The molecule has 106 valence electrons. The number of nitrogens with zero attached hydrogens (tertiary/aromatic N) is 2. The lowest BCUT2D eigenvalue weighted by atomic mass is 9.96. The van der Waals surface area contributed by atoms with E-state index in [1.165, 1.54) is 36.4 Å². The largest absolute Gasteiger partial charge is 0.478 e. The lowest BCUT2D eigenvalue weighted by Gasteiger charge is -2.07. The fourth-order valence-corrected chi connectivity index (χ4v) is 2.00. The van der Waals surface area contributed by atoms with Crippen molar-refractivity contribution >= 4 is 11.9 Å². The molecule has 2 N–H and O–H groups in total. The molecule has 0 aliphatic heterocycles. The van der Waals surface area contributed by atoms with Gasteiger partial charge < -0.3 is 10.2 Å². The number of hydrogen-bond donors (Lipinski definition) is 2. The first-order valence-electron chi connectivity index (χ1n) is 6.03. The smallest absolute Gasteiger partial charge is 0.337 e. The van der Waals surface area contributed by atoms with Crippen LogP contribution in [0.5, 0.6) is 0 Å². The zero-order chi connectivity index (χ0) is 16.3. The summed E-state index contributed by atoms with van der Waals surface area (Å²) in [5.41, 5.74) is 0.598. The number of aromatic carboxylic acids is 2. The molecule has 0 aromatic heterocycles. The van der Waals surface area contributed by atoms with Crippen molar-refractivity contribution in [3.63, 3.8) is 0 Å². The lowest BCUT2D eigenvalue weighted by molar-refractivity contribution is 0.0685. The molecular formula is C16H8N2O4. The minimum absolute atomic E-state index is 0.0170. The Morgan fingerprint density at radius 1 is 0.773 bits per heavy atom. The van der Waals surface area contributed by atoms with Crippen LogP contribution in [0.1, 0.15) is 31.8 Å². The van der Waals surface area contributed by atoms with Crippen LogP contribution >= 0.6 is 0 Å². The second kappa shape index (κ2) is 5.78. The molecule has 0 radical (unpaired) electrons. The quantitative estimate of drug-likeness (QED) is 0.896. The van der Waals surface area contributed by atoms with Crippen molar-refractivity contribution in [2.45, 2.75) is 0 Å². The summed E-state index contributed by atoms with van der Waals surface area (Å²) in [4.78, 5) is 22.3. The van der Waals surface area contributed by atoms with Gasteiger partial charge in [0.2, 0.25) is 0 Å². The predicted molar refractivity (Wildman–Crippen MR) is 75.2 cm³/mol. The van der Waals surface area contributed by atoms with E-state index in [9.17, 15) is 9.59 Å². The van der Waals surface area contributed by atoms with Gasteiger partial charge in [-0.05, 0) is 35.4 Å². The van der Waals surface area contributed by atoms with Crippen molar-refractivity contribution in [3.05, 3.63) is 58.7 Å². The molecule has 0 fully saturated rings. The van der Waals surface area contributed by atoms with Crippen molar-refractivity contribution in [1.29, 1.82) is 10.5 Å². The van der Waals surface area contributed by atoms with Crippen LogP contribution in [0.25, 0.3) is 11.1 Å². The van der Waals surface area contributed by atoms with Gasteiger partial charge in [0.1, 0.15) is 12.1 Å². The monoisotopic (exact) mass is 292 g/mol. The Hall–Kier alpha value is -3.64. The molecule has 0 amide bonds. The van der Waals surface area contributed by atoms with Gasteiger partial charge in [-0.1, -0.05) is 12.1 Å². The minimum atomic E-state index is -1.24. The summed E-state index contributed by atoms with van der Waals surface area (Å²) in [6, 6.07) is 11.9. The first kappa shape index (κ1) is 14.8. The van der Waals surface area contributed by atoms with Gasteiger partial charge in [0.05, 0.1) is 22.3 Å². The normalized spacial score (nSPS) is 9.55. The molecule has 0 atom stereocenters. The minimum Gasteiger partial charge on any atom is -0.478 e. The van der Waals surface area contributed by atoms with E-state index in [0.29, 0.717) is 11.1 Å². The summed E-state index contributed by atoms with van der Waals surface area (Å²) in [6.45, 7) is 0. The molecule has 2 aromatic carbocycles. The van der Waals surface area contributed by atoms with Gasteiger partial charge in [0.15, 0.2) is 0 Å². The molecular weight excluding hydrogens is 284 g/mol. The van der Waals surface area contributed by atoms with Crippen LogP contribution in [0.3, 0.4) is 0 Å². The van der Waals surface area contributed by atoms with E-state index in [1.54, 1.807) is 12.1 Å². The molecule has 0 heterocycles. The second-order valence-corrected chi connectivity index (χ2v) is 4.35. The van der Waals surface area contributed by atoms with E-state index in [0.717, 1.165) is 0 Å². The molecule has 6 heteroatoms. The zero-order valence-electron chi connectivity index (χ0n) is 11.1. The SMILES string of the molecule is N#Cc1ccc(-c2ccc(C#N)c(C(=O)O)c2)cc1C(=O)O. The van der Waals surface area contributed by atoms with E-state index >= 15 is 0 Å². The van der Waals surface area contributed by atoms with Crippen molar-refractivity contribution in [2.75, 3.05) is 0 Å². The highest BCUT2D eigenvalue weighted by Crippen LogP contribution is 2.25. The van der Waals surface area contributed by atoms with Crippen molar-refractivity contribution in [2.24, 2.45) is 0 Å². The van der Waals surface area contributed by atoms with Crippen LogP contribution in [-0.2, 0) is 0 Å². The molecule has 0 spiro atoms. The van der Waals surface area contributed by atoms with Gasteiger partial charge in [0.25, 0.3) is 0 Å². The summed E-state index contributed by atoms with van der Waals surface area (Å²) in [5.74, 6) is -2.49. The first-order valence-corrected chi connectivity index (χ1v) is 6.03. The summed E-state index contributed by atoms with van der Waals surface area (Å²) in [6.07, 6.45) is 0. The molecule has 0 aliphatic rings. The molecule has 0 saturated heterocycles. The lowest BCUT2D eigenvalue weighted by Crippen LogP contribution is -2.02. The fraction of sp³-hybridized carbons (Fsp3) is 0. The number of carboxylic acids is 2. The van der Waals surface area contributed by atoms with E-state index in [-0.39, 0.29) is 22.3 Å². The molecule has 6 nitrogen and oxygen atoms in total. The summed E-state index contributed by atoms with van der Waals surface area (Å²) >= 11 is 0. The Morgan fingerprint density at radius 3 is 1.41 bits per heavy atom. The average Bonchev–Trinajstić information content (AvgIpc) is 2.53. The highest BCUT2D eigenvalue weighted by atomic mass is 16.4. The van der Waals surface area contributed by atoms with Gasteiger partial charge >= 0.3 is 11.9 Å². The van der Waals surface area contributed by atoms with E-state index in [2.05, 4.69) is 0 Å². The average molecular weight is 292 g/mol. The molecule has 2 rings (SSSR count). The van der Waals surface area contributed by atoms with Crippen LogP contribution in [0.4, 0.5) is 0 Å². The van der Waals surface area contributed by atoms with Crippen LogP contribution in [0.2, 0.25) is 0 Å². The topological polar surface area (TPSA) is 122 Å². The van der Waals surface area contributed by atoms with Crippen LogP contribution in [0.15, 0.2) is 36.4 Å². The summed E-state index contributed by atoms with van der Waals surface area (Å²) in [7, 11) is 0. The Morgan fingerprint density at radius 2 is 1.14 bits per heavy atom. The Kier molecular flexibility index (Phi) is 3.88. The zero-order valence-corrected chi connectivity index (χ0v) is 11.1. The van der Waals surface area contributed by atoms with E-state index in [4.69, 9.17) is 20.7 Å². The molecule has 0 saturated carbocycles. The maximum atomic E-state index is 11.2. The fourth-order valence-electron chi connectivity index (χ4n) is 2.00. The third-order valence-corrected chi connectivity index (χ3v) is 3.07. The van der Waals surface area contributed by atoms with Crippen molar-refractivity contribution in [3.8, 4) is 23.3 Å². The summed E-state index contributed by atoms with van der Waals surface area (Å²) < 4.78 is 0. The highest BCUT2D eigenvalue weighted by Gasteiger charge is 2.14. The number of rotatable bonds is 3. The van der Waals surface area contributed by atoms with Crippen LogP contribution in [0, 0.1) is 22.7 Å². The number of carboxylic acid groups (broad SMARTS) is 2. The molecule has 22 heavy (non-hydrogen) atoms. The highest BCUT2D eigenvalue weighted by molar-refractivity contribution is 5.94. The Labute approximate surface area is 125 Å². The van der Waals surface area contributed by atoms with E-state index in [1.807, 2.05) is 0 Å². The first-order chi connectivity index (χ1) is 10.5. The maximum absolute atomic E-state index is 11.2. The molecule has 0 aliphatic carbocycles. The predicted octanol–water partition coefficient (Wildman–Crippen LogP) is 2.49. The van der Waals surface area contributed by atoms with Gasteiger partial charge in [-0.3, -0.25) is 0 Å². The van der Waals surface area contributed by atoms with Crippen LogP contribution < -0.4 is 0 Å². The molecule has 2 aromatic rings. The summed E-state index contributed by atoms with van der Waals surface area (Å²) in [5, 5.41) is 36.0. The number of benzene rings is 2. The van der Waals surface area contributed by atoms with Crippen LogP contribution in [-0.4, -0.2) is 22.2 Å². The third kappa shape index (κ3) is 2.62. The Balaban J connectivity index is 2.63. The van der Waals surface area contributed by atoms with Gasteiger partial charge in [-0.25, -0.2) is 9.59 Å². The third-order valence-electron chi connectivity index (χ3n) is 3.07. The van der Waals surface area contributed by atoms with Gasteiger partial charge in [0, 0.05) is 0 Å². The number of carbonyl (C=O) groups is 2. The van der Waals surface area contributed by atoms with Crippen molar-refractivity contribution < 1.29 is 19.8 Å². The van der Waals surface area contributed by atoms with Crippen molar-refractivity contribution in [1.82, 2.24) is 0 Å². The van der Waals surface area contributed by atoms with Gasteiger partial charge in [-0.15, -0.1) is 0 Å². The molecule has 0 bridgehead atoms. The number of hydrogen-bond acceptors (Lipinski definition) is 4. The standard InChI is InChI=1S/C16H8N2O4/c17-7-11-3-1-9(5-13(11)15(19)20)10-2-4-12(8-18)14(6-10)16(21)22/h1-6H,(H,19,20)(H,21,22). The van der Waals surface area contributed by atoms with Gasteiger partial charge in [-0.2, -0.15) is 10.5 Å². The maximum Gasteiger partial charge on any atom is 0.337 e. The second-order valence-electron chi connectivity index (χ2n) is 4.35. The molecule has 0 unspecified atom stereocenters. The Bertz CT molecular complexity index is 799. The van der Waals surface area contributed by atoms with E-state index < -0.39 is 11.9 Å².